The molecule has 0 unspecified atom stereocenters. The summed E-state index contributed by atoms with van der Waals surface area (Å²) >= 11 is 0. The van der Waals surface area contributed by atoms with Crippen LogP contribution in [-0.2, 0) is 13.1 Å². The number of hydrogen-bond donors (Lipinski definition) is 0. The topological polar surface area (TPSA) is 44.6 Å². The van der Waals surface area contributed by atoms with Crippen molar-refractivity contribution in [2.45, 2.75) is 26.1 Å². The number of carbonyl (C=O) groups excluding carboxylic acids is 1. The fourth-order valence-corrected chi connectivity index (χ4v) is 4.76. The van der Waals surface area contributed by atoms with E-state index < -0.39 is 0 Å². The van der Waals surface area contributed by atoms with Crippen molar-refractivity contribution in [1.82, 2.24) is 24.5 Å². The van der Waals surface area contributed by atoms with E-state index in [9.17, 15) is 9.18 Å². The van der Waals surface area contributed by atoms with Crippen molar-refractivity contribution >= 4 is 6.03 Å². The van der Waals surface area contributed by atoms with E-state index >= 15 is 0 Å². The van der Waals surface area contributed by atoms with E-state index in [0.717, 1.165) is 31.7 Å². The van der Waals surface area contributed by atoms with E-state index in [2.05, 4.69) is 23.1 Å². The van der Waals surface area contributed by atoms with Crippen molar-refractivity contribution in [3.8, 4) is 0 Å². The predicted octanol–water partition coefficient (Wildman–Crippen LogP) is 2.83. The monoisotopic (exact) mass is 385 g/mol. The van der Waals surface area contributed by atoms with Gasteiger partial charge >= 0.3 is 6.03 Å². The average molecular weight is 385 g/mol. The highest BCUT2D eigenvalue weighted by atomic mass is 19.1. The molecule has 0 spiro atoms. The fourth-order valence-electron chi connectivity index (χ4n) is 4.76. The third kappa shape index (κ3) is 3.51. The predicted molar refractivity (Wildman–Crippen MR) is 105 cm³/mol. The molecular weight excluding hydrogens is 357 g/mol. The largest absolute Gasteiger partial charge is 0.331 e. The lowest BCUT2D eigenvalue weighted by molar-refractivity contribution is 0.151. The van der Waals surface area contributed by atoms with Crippen molar-refractivity contribution in [2.75, 3.05) is 33.7 Å². The highest BCUT2D eigenvalue weighted by Gasteiger charge is 2.49. The van der Waals surface area contributed by atoms with Crippen LogP contribution >= 0.6 is 0 Å². The van der Waals surface area contributed by atoms with Gasteiger partial charge in [-0.15, -0.1) is 0 Å². The SMILES string of the molecule is CCn1cc(CN2C[C@@H]3CN(C(=O)N(C)C)[C@@H](c4cccc(F)c4)[C@@H]3C2)cn1. The fraction of sp³-hybridized carbons (Fsp3) is 0.524. The van der Waals surface area contributed by atoms with E-state index in [0.29, 0.717) is 18.4 Å². The van der Waals surface area contributed by atoms with Gasteiger partial charge in [-0.2, -0.15) is 5.10 Å². The quantitative estimate of drug-likeness (QED) is 0.813. The molecular formula is C21H28FN5O. The van der Waals surface area contributed by atoms with E-state index in [1.54, 1.807) is 31.1 Å². The van der Waals surface area contributed by atoms with Crippen LogP contribution in [0.3, 0.4) is 0 Å². The van der Waals surface area contributed by atoms with Gasteiger partial charge in [0.2, 0.25) is 0 Å². The molecule has 0 N–H and O–H groups in total. The van der Waals surface area contributed by atoms with Gasteiger partial charge < -0.3 is 9.80 Å². The van der Waals surface area contributed by atoms with Crippen LogP contribution in [0.1, 0.15) is 24.1 Å². The van der Waals surface area contributed by atoms with Crippen LogP contribution in [0.5, 0.6) is 0 Å². The molecule has 2 aliphatic rings. The summed E-state index contributed by atoms with van der Waals surface area (Å²) in [7, 11) is 3.55. The number of carbonyl (C=O) groups is 1. The Labute approximate surface area is 165 Å². The normalized spacial score (nSPS) is 24.6. The smallest absolute Gasteiger partial charge is 0.320 e. The molecule has 2 fully saturated rings. The Morgan fingerprint density at radius 3 is 2.79 bits per heavy atom. The second-order valence-electron chi connectivity index (χ2n) is 8.15. The van der Waals surface area contributed by atoms with Gasteiger partial charge in [0.1, 0.15) is 5.82 Å². The molecule has 4 rings (SSSR count). The number of nitrogens with zero attached hydrogens (tertiary/aromatic N) is 5. The number of likely N-dealkylation sites (tertiary alicyclic amines) is 2. The minimum absolute atomic E-state index is 0.000525. The molecule has 3 heterocycles. The van der Waals surface area contributed by atoms with Crippen LogP contribution in [-0.4, -0.2) is 64.2 Å². The maximum atomic E-state index is 13.9. The molecule has 0 saturated carbocycles. The van der Waals surface area contributed by atoms with Gasteiger partial charge in [0.05, 0.1) is 12.2 Å². The van der Waals surface area contributed by atoms with Crippen molar-refractivity contribution in [1.29, 1.82) is 0 Å². The molecule has 1 aromatic carbocycles. The number of hydrogen-bond acceptors (Lipinski definition) is 3. The third-order valence-corrected chi connectivity index (χ3v) is 5.98. The maximum absolute atomic E-state index is 13.9. The van der Waals surface area contributed by atoms with Crippen LogP contribution in [0.2, 0.25) is 0 Å². The van der Waals surface area contributed by atoms with Crippen molar-refractivity contribution in [3.63, 3.8) is 0 Å². The first kappa shape index (κ1) is 18.9. The number of aryl methyl sites for hydroxylation is 1. The Bertz CT molecular complexity index is 851. The van der Waals surface area contributed by atoms with Gasteiger partial charge in [-0.3, -0.25) is 9.58 Å². The first-order valence-electron chi connectivity index (χ1n) is 9.93. The third-order valence-electron chi connectivity index (χ3n) is 5.98. The summed E-state index contributed by atoms with van der Waals surface area (Å²) in [5, 5.41) is 4.37. The number of fused-ring (bicyclic) bond motifs is 1. The van der Waals surface area contributed by atoms with Crippen molar-refractivity contribution < 1.29 is 9.18 Å². The lowest BCUT2D eigenvalue weighted by Gasteiger charge is -2.31. The van der Waals surface area contributed by atoms with Gasteiger partial charge in [0.15, 0.2) is 0 Å². The molecule has 150 valence electrons. The summed E-state index contributed by atoms with van der Waals surface area (Å²) < 4.78 is 15.9. The maximum Gasteiger partial charge on any atom is 0.320 e. The molecule has 2 aromatic rings. The summed E-state index contributed by atoms with van der Waals surface area (Å²) in [6.07, 6.45) is 4.03. The zero-order chi connectivity index (χ0) is 19.8. The number of amides is 2. The van der Waals surface area contributed by atoms with Crippen LogP contribution < -0.4 is 0 Å². The number of rotatable bonds is 4. The second-order valence-corrected chi connectivity index (χ2v) is 8.15. The van der Waals surface area contributed by atoms with Gasteiger partial charge in [-0.05, 0) is 30.5 Å². The Hall–Kier alpha value is -2.41. The molecule has 0 aliphatic carbocycles. The molecule has 7 heteroatoms. The molecule has 0 radical (unpaired) electrons. The van der Waals surface area contributed by atoms with Gasteiger partial charge in [-0.25, -0.2) is 9.18 Å². The Morgan fingerprint density at radius 1 is 1.29 bits per heavy atom. The standard InChI is InChI=1S/C21H28FN5O/c1-4-26-11-15(9-23-26)10-25-12-17-13-27(21(28)24(2)3)20(19(17)14-25)16-6-5-7-18(22)8-16/h5-9,11,17,19-20H,4,10,12-14H2,1-3H3/t17-,19-,20+/m1/s1. The van der Waals surface area contributed by atoms with Crippen LogP contribution in [0.15, 0.2) is 36.7 Å². The minimum Gasteiger partial charge on any atom is -0.331 e. The summed E-state index contributed by atoms with van der Waals surface area (Å²) in [4.78, 5) is 18.8. The lowest BCUT2D eigenvalue weighted by Crippen LogP contribution is -2.41. The van der Waals surface area contributed by atoms with Crippen LogP contribution in [0, 0.1) is 17.7 Å². The minimum atomic E-state index is -0.250. The molecule has 2 amide bonds. The van der Waals surface area contributed by atoms with Crippen molar-refractivity contribution in [2.24, 2.45) is 11.8 Å². The van der Waals surface area contributed by atoms with Crippen LogP contribution in [0.25, 0.3) is 0 Å². The zero-order valence-electron chi connectivity index (χ0n) is 16.8. The molecule has 2 aliphatic heterocycles. The second kappa shape index (κ2) is 7.54. The van der Waals surface area contributed by atoms with Gasteiger partial charge in [0.25, 0.3) is 0 Å². The molecule has 28 heavy (non-hydrogen) atoms. The molecule has 2 saturated heterocycles. The van der Waals surface area contributed by atoms with E-state index in [1.165, 1.54) is 11.6 Å². The number of halogens is 1. The summed E-state index contributed by atoms with van der Waals surface area (Å²) in [5.41, 5.74) is 2.11. The number of aromatic nitrogens is 2. The Morgan fingerprint density at radius 2 is 2.11 bits per heavy atom. The van der Waals surface area contributed by atoms with Gasteiger partial charge in [0, 0.05) is 64.5 Å². The first-order valence-corrected chi connectivity index (χ1v) is 9.93. The highest BCUT2D eigenvalue weighted by molar-refractivity contribution is 5.75. The molecule has 1 aromatic heterocycles. The Balaban J connectivity index is 1.55. The molecule has 6 nitrogen and oxygen atoms in total. The zero-order valence-corrected chi connectivity index (χ0v) is 16.8. The van der Waals surface area contributed by atoms with Gasteiger partial charge in [-0.1, -0.05) is 12.1 Å². The molecule has 3 atom stereocenters. The summed E-state index contributed by atoms with van der Waals surface area (Å²) in [6.45, 7) is 6.38. The number of benzene rings is 1. The molecule has 0 bridgehead atoms. The van der Waals surface area contributed by atoms with Crippen LogP contribution in [0.4, 0.5) is 9.18 Å². The summed E-state index contributed by atoms with van der Waals surface area (Å²) in [6, 6.07) is 6.64. The Kier molecular flexibility index (Phi) is 5.10. The number of urea groups is 1. The summed E-state index contributed by atoms with van der Waals surface area (Å²) in [5.74, 6) is 0.463. The van der Waals surface area contributed by atoms with E-state index in [4.69, 9.17) is 0 Å². The highest BCUT2D eigenvalue weighted by Crippen LogP contribution is 2.45. The van der Waals surface area contributed by atoms with E-state index in [1.807, 2.05) is 21.8 Å². The average Bonchev–Trinajstić information content (AvgIpc) is 3.35. The van der Waals surface area contributed by atoms with Crippen molar-refractivity contribution in [3.05, 3.63) is 53.6 Å². The lowest BCUT2D eigenvalue weighted by atomic mass is 9.89. The van der Waals surface area contributed by atoms with E-state index in [-0.39, 0.29) is 17.9 Å². The first-order chi connectivity index (χ1) is 13.5.